The van der Waals surface area contributed by atoms with Gasteiger partial charge in [0.2, 0.25) is 0 Å². The number of carbonyl (C=O) groups is 1. The highest BCUT2D eigenvalue weighted by Gasteiger charge is 2.16. The molecule has 0 aliphatic rings. The molecule has 0 bridgehead atoms. The first kappa shape index (κ1) is 15.0. The quantitative estimate of drug-likeness (QED) is 0.870. The van der Waals surface area contributed by atoms with Gasteiger partial charge in [0.15, 0.2) is 4.88 Å². The average molecular weight is 311 g/mol. The van der Waals surface area contributed by atoms with E-state index in [9.17, 15) is 4.79 Å². The standard InChI is InChI=1S/C14H17NO3S2/c1-4-10-5-11(12(20-10)14(16)17)18-6-9-7-19-13(15-9)8(2)3/h5,7-8H,4,6H2,1-3H3,(H,16,17). The van der Waals surface area contributed by atoms with E-state index in [1.165, 1.54) is 11.3 Å². The zero-order valence-electron chi connectivity index (χ0n) is 11.7. The van der Waals surface area contributed by atoms with Crippen LogP contribution in [0, 0.1) is 0 Å². The van der Waals surface area contributed by atoms with Crippen molar-refractivity contribution in [1.82, 2.24) is 4.98 Å². The molecule has 0 aliphatic carbocycles. The molecule has 2 rings (SSSR count). The van der Waals surface area contributed by atoms with Crippen molar-refractivity contribution in [1.29, 1.82) is 0 Å². The van der Waals surface area contributed by atoms with E-state index in [1.54, 1.807) is 11.3 Å². The minimum absolute atomic E-state index is 0.265. The summed E-state index contributed by atoms with van der Waals surface area (Å²) in [4.78, 5) is 16.9. The Balaban J connectivity index is 2.09. The third-order valence-corrected chi connectivity index (χ3v) is 5.17. The normalized spacial score (nSPS) is 11.0. The summed E-state index contributed by atoms with van der Waals surface area (Å²) in [5.74, 6) is -0.0968. The van der Waals surface area contributed by atoms with Crippen LogP contribution in [0.15, 0.2) is 11.4 Å². The number of ether oxygens (including phenoxy) is 1. The van der Waals surface area contributed by atoms with Crippen molar-refractivity contribution in [3.63, 3.8) is 0 Å². The second-order valence-electron chi connectivity index (χ2n) is 4.69. The van der Waals surface area contributed by atoms with Crippen LogP contribution in [0.4, 0.5) is 0 Å². The van der Waals surface area contributed by atoms with Gasteiger partial charge < -0.3 is 9.84 Å². The van der Waals surface area contributed by atoms with Crippen molar-refractivity contribution in [2.24, 2.45) is 0 Å². The second kappa shape index (κ2) is 6.37. The fourth-order valence-corrected chi connectivity index (χ4v) is 3.36. The van der Waals surface area contributed by atoms with Crippen molar-refractivity contribution >= 4 is 28.6 Å². The third kappa shape index (κ3) is 3.37. The highest BCUT2D eigenvalue weighted by molar-refractivity contribution is 7.14. The molecule has 0 fully saturated rings. The summed E-state index contributed by atoms with van der Waals surface area (Å²) in [5.41, 5.74) is 0.847. The zero-order valence-corrected chi connectivity index (χ0v) is 13.3. The number of aromatic carboxylic acids is 1. The molecule has 2 aromatic heterocycles. The number of hydrogen-bond acceptors (Lipinski definition) is 5. The summed E-state index contributed by atoms with van der Waals surface area (Å²) in [6.07, 6.45) is 0.808. The lowest BCUT2D eigenvalue weighted by atomic mass is 10.2. The molecule has 0 saturated heterocycles. The Hall–Kier alpha value is -1.40. The number of hydrogen-bond donors (Lipinski definition) is 1. The van der Waals surface area contributed by atoms with Crippen molar-refractivity contribution in [2.45, 2.75) is 39.7 Å². The zero-order chi connectivity index (χ0) is 14.7. The number of carboxylic acid groups (broad SMARTS) is 1. The summed E-state index contributed by atoms with van der Waals surface area (Å²) >= 11 is 2.88. The molecule has 0 aliphatic heterocycles. The molecule has 0 aromatic carbocycles. The molecule has 108 valence electrons. The van der Waals surface area contributed by atoms with E-state index in [2.05, 4.69) is 18.8 Å². The lowest BCUT2D eigenvalue weighted by Gasteiger charge is -2.03. The number of aromatic nitrogens is 1. The Morgan fingerprint density at radius 2 is 2.25 bits per heavy atom. The maximum Gasteiger partial charge on any atom is 0.349 e. The van der Waals surface area contributed by atoms with E-state index < -0.39 is 5.97 Å². The van der Waals surface area contributed by atoms with E-state index >= 15 is 0 Å². The van der Waals surface area contributed by atoms with Crippen molar-refractivity contribution < 1.29 is 14.6 Å². The Morgan fingerprint density at radius 1 is 1.50 bits per heavy atom. The molecule has 0 radical (unpaired) electrons. The number of thiophene rings is 1. The Kier molecular flexibility index (Phi) is 4.77. The van der Waals surface area contributed by atoms with Gasteiger partial charge in [0, 0.05) is 16.2 Å². The van der Waals surface area contributed by atoms with E-state index in [1.807, 2.05) is 18.4 Å². The van der Waals surface area contributed by atoms with E-state index in [0.717, 1.165) is 22.0 Å². The average Bonchev–Trinajstić information content (AvgIpc) is 3.03. The Bertz CT molecular complexity index is 601. The summed E-state index contributed by atoms with van der Waals surface area (Å²) in [5, 5.41) is 12.2. The first-order valence-corrected chi connectivity index (χ1v) is 8.14. The molecule has 4 nitrogen and oxygen atoms in total. The fraction of sp³-hybridized carbons (Fsp3) is 0.429. The van der Waals surface area contributed by atoms with Gasteiger partial charge >= 0.3 is 5.97 Å². The van der Waals surface area contributed by atoms with E-state index in [0.29, 0.717) is 18.3 Å². The van der Waals surface area contributed by atoms with Gasteiger partial charge in [-0.3, -0.25) is 0 Å². The van der Waals surface area contributed by atoms with Gasteiger partial charge in [0.25, 0.3) is 0 Å². The third-order valence-electron chi connectivity index (χ3n) is 2.73. The number of thiazole rings is 1. The molecule has 0 atom stereocenters. The topological polar surface area (TPSA) is 59.4 Å². The molecule has 0 spiro atoms. The molecule has 6 heteroatoms. The van der Waals surface area contributed by atoms with E-state index in [-0.39, 0.29) is 4.88 Å². The lowest BCUT2D eigenvalue weighted by molar-refractivity contribution is 0.0697. The van der Waals surface area contributed by atoms with Crippen LogP contribution in [0.2, 0.25) is 0 Å². The molecule has 1 N–H and O–H groups in total. The Labute approximate surface area is 126 Å². The van der Waals surface area contributed by atoms with Crippen LogP contribution in [0.1, 0.15) is 51.9 Å². The summed E-state index contributed by atoms with van der Waals surface area (Å²) < 4.78 is 5.63. The van der Waals surface area contributed by atoms with Gasteiger partial charge in [-0.2, -0.15) is 0 Å². The van der Waals surface area contributed by atoms with Crippen molar-refractivity contribution in [2.75, 3.05) is 0 Å². The van der Waals surface area contributed by atoms with Crippen LogP contribution < -0.4 is 4.74 Å². The maximum atomic E-state index is 11.2. The SMILES string of the molecule is CCc1cc(OCc2csc(C(C)C)n2)c(C(=O)O)s1. The molecular weight excluding hydrogens is 294 g/mol. The molecule has 2 aromatic rings. The maximum absolute atomic E-state index is 11.2. The first-order valence-electron chi connectivity index (χ1n) is 6.44. The molecule has 2 heterocycles. The fourth-order valence-electron chi connectivity index (χ4n) is 1.66. The van der Waals surface area contributed by atoms with Crippen LogP contribution in [-0.2, 0) is 13.0 Å². The van der Waals surface area contributed by atoms with Crippen LogP contribution in [0.3, 0.4) is 0 Å². The van der Waals surface area contributed by atoms with Crippen molar-refractivity contribution in [3.8, 4) is 5.75 Å². The van der Waals surface area contributed by atoms with Gasteiger partial charge in [0.1, 0.15) is 12.4 Å². The lowest BCUT2D eigenvalue weighted by Crippen LogP contribution is -2.00. The first-order chi connectivity index (χ1) is 9.51. The summed E-state index contributed by atoms with van der Waals surface area (Å²) in [7, 11) is 0. The molecule has 0 saturated carbocycles. The monoisotopic (exact) mass is 311 g/mol. The van der Waals surface area contributed by atoms with Crippen LogP contribution in [0.25, 0.3) is 0 Å². The van der Waals surface area contributed by atoms with Gasteiger partial charge in [-0.1, -0.05) is 20.8 Å². The van der Waals surface area contributed by atoms with Gasteiger partial charge in [-0.05, 0) is 12.5 Å². The van der Waals surface area contributed by atoms with Crippen LogP contribution in [0.5, 0.6) is 5.75 Å². The van der Waals surface area contributed by atoms with Crippen LogP contribution in [-0.4, -0.2) is 16.1 Å². The van der Waals surface area contributed by atoms with Crippen LogP contribution >= 0.6 is 22.7 Å². The molecular formula is C14H17NO3S2. The summed E-state index contributed by atoms with van der Waals surface area (Å²) in [6.45, 7) is 6.50. The predicted molar refractivity (Wildman–Crippen MR) is 81.2 cm³/mol. The highest BCUT2D eigenvalue weighted by Crippen LogP contribution is 2.30. The number of aryl methyl sites for hydroxylation is 1. The molecule has 0 unspecified atom stereocenters. The smallest absolute Gasteiger partial charge is 0.349 e. The largest absolute Gasteiger partial charge is 0.485 e. The number of rotatable bonds is 6. The predicted octanol–water partition coefficient (Wildman–Crippen LogP) is 4.17. The second-order valence-corrected chi connectivity index (χ2v) is 6.71. The van der Waals surface area contributed by atoms with Gasteiger partial charge in [-0.15, -0.1) is 22.7 Å². The number of nitrogens with zero attached hydrogens (tertiary/aromatic N) is 1. The molecule has 0 amide bonds. The van der Waals surface area contributed by atoms with Crippen molar-refractivity contribution in [3.05, 3.63) is 31.9 Å². The Morgan fingerprint density at radius 3 is 2.80 bits per heavy atom. The minimum Gasteiger partial charge on any atom is -0.485 e. The van der Waals surface area contributed by atoms with Gasteiger partial charge in [0.05, 0.1) is 10.7 Å². The highest BCUT2D eigenvalue weighted by atomic mass is 32.1. The molecule has 20 heavy (non-hydrogen) atoms. The minimum atomic E-state index is -0.939. The van der Waals surface area contributed by atoms with Gasteiger partial charge in [-0.25, -0.2) is 9.78 Å². The van der Waals surface area contributed by atoms with E-state index in [4.69, 9.17) is 9.84 Å². The summed E-state index contributed by atoms with van der Waals surface area (Å²) in [6, 6.07) is 1.81. The number of carboxylic acids is 1.